The summed E-state index contributed by atoms with van der Waals surface area (Å²) in [7, 11) is 2.24. The molecule has 0 heterocycles. The number of benzene rings is 3. The molecule has 238 valence electrons. The Morgan fingerprint density at radius 2 is 1.20 bits per heavy atom. The molecule has 3 aromatic carbocycles. The smallest absolute Gasteiger partial charge is 0.259 e. The molecule has 0 saturated carbocycles. The van der Waals surface area contributed by atoms with E-state index in [0.717, 1.165) is 42.9 Å². The molecule has 0 aliphatic carbocycles. The van der Waals surface area contributed by atoms with Crippen LogP contribution in [0.1, 0.15) is 70.1 Å². The lowest BCUT2D eigenvalue weighted by molar-refractivity contribution is 0.176. The zero-order chi connectivity index (χ0) is 31.8. The van der Waals surface area contributed by atoms with Gasteiger partial charge in [-0.05, 0) is 87.2 Å². The second kappa shape index (κ2) is 19.0. The Labute approximate surface area is 271 Å². The van der Waals surface area contributed by atoms with Crippen LogP contribution in [0.2, 0.25) is 0 Å². The van der Waals surface area contributed by atoms with Crippen molar-refractivity contribution >= 4 is 20.3 Å². The van der Waals surface area contributed by atoms with Crippen LogP contribution in [0.4, 0.5) is 0 Å². The summed E-state index contributed by atoms with van der Waals surface area (Å²) < 4.78 is 25.2. The minimum absolute atomic E-state index is 0.312. The van der Waals surface area contributed by atoms with E-state index >= 15 is 0 Å². The average Bonchev–Trinajstić information content (AvgIpc) is 3.04. The van der Waals surface area contributed by atoms with Crippen LogP contribution in [0.5, 0.6) is 11.5 Å². The first-order valence-electron chi connectivity index (χ1n) is 15.5. The average molecular weight is 637 g/mol. The van der Waals surface area contributed by atoms with Gasteiger partial charge in [-0.25, -0.2) is 11.2 Å². The molecule has 0 aromatic heterocycles. The van der Waals surface area contributed by atoms with Crippen molar-refractivity contribution in [1.29, 1.82) is 0 Å². The van der Waals surface area contributed by atoms with Gasteiger partial charge in [0, 0.05) is 12.1 Å². The van der Waals surface area contributed by atoms with Gasteiger partial charge >= 0.3 is 0 Å². The van der Waals surface area contributed by atoms with E-state index in [1.165, 1.54) is 16.7 Å². The molecule has 0 N–H and O–H groups in total. The van der Waals surface area contributed by atoms with E-state index in [1.807, 2.05) is 11.8 Å². The Morgan fingerprint density at radius 1 is 0.705 bits per heavy atom. The summed E-state index contributed by atoms with van der Waals surface area (Å²) in [6, 6.07) is 28.4. The highest BCUT2D eigenvalue weighted by Crippen LogP contribution is 2.49. The predicted molar refractivity (Wildman–Crippen MR) is 186 cm³/mol. The summed E-state index contributed by atoms with van der Waals surface area (Å²) in [5.74, 6) is 2.71. The molecule has 0 spiro atoms. The second-order valence-corrected chi connectivity index (χ2v) is 13.9. The van der Waals surface area contributed by atoms with E-state index in [-0.39, 0.29) is 4.75 Å². The molecule has 1 unspecified atom stereocenters. The Balaban J connectivity index is 1.68. The van der Waals surface area contributed by atoms with Gasteiger partial charge in [-0.15, -0.1) is 11.8 Å². The standard InChI is InChI=1S/C36H49N2O4PS/c1-29(2)38(30(3)4)43(42-27-25-37-5)41-26-13-8-9-14-28-44-36(31-15-11-10-12-16-31,32-17-21-34(39-6)22-18-32)33-19-23-35(40-7)24-20-33/h10-12,15-24,29-30H,8-9,13-14,25-28H2,1-4,6-7H3. The summed E-state index contributed by atoms with van der Waals surface area (Å²) in [4.78, 5) is 3.43. The van der Waals surface area contributed by atoms with Crippen molar-refractivity contribution in [2.45, 2.75) is 70.2 Å². The van der Waals surface area contributed by atoms with Crippen molar-refractivity contribution in [3.63, 3.8) is 0 Å². The number of unbranched alkanes of at least 4 members (excludes halogenated alkanes) is 3. The highest BCUT2D eigenvalue weighted by Gasteiger charge is 2.37. The van der Waals surface area contributed by atoms with Crippen molar-refractivity contribution in [2.24, 2.45) is 0 Å². The minimum Gasteiger partial charge on any atom is -0.497 e. The molecule has 44 heavy (non-hydrogen) atoms. The summed E-state index contributed by atoms with van der Waals surface area (Å²) in [5, 5.41) is 0. The number of methoxy groups -OCH3 is 2. The van der Waals surface area contributed by atoms with Crippen molar-refractivity contribution in [3.8, 4) is 11.5 Å². The minimum atomic E-state index is -1.17. The Bertz CT molecular complexity index is 1190. The van der Waals surface area contributed by atoms with Crippen LogP contribution in [-0.2, 0) is 13.8 Å². The number of thioether (sulfide) groups is 1. The molecule has 8 heteroatoms. The quantitative estimate of drug-likeness (QED) is 0.0533. The molecule has 3 aromatic rings. The molecule has 0 aliphatic rings. The van der Waals surface area contributed by atoms with Gasteiger partial charge in [0.15, 0.2) is 0 Å². The number of ether oxygens (including phenoxy) is 2. The van der Waals surface area contributed by atoms with Crippen molar-refractivity contribution in [1.82, 2.24) is 4.67 Å². The third kappa shape index (κ3) is 9.96. The zero-order valence-corrected chi connectivity index (χ0v) is 28.9. The number of hydrogen-bond acceptors (Lipinski definition) is 6. The summed E-state index contributed by atoms with van der Waals surface area (Å²) in [5.41, 5.74) is 3.69. The fourth-order valence-electron chi connectivity index (χ4n) is 5.31. The zero-order valence-electron chi connectivity index (χ0n) is 27.2. The molecule has 0 fully saturated rings. The summed E-state index contributed by atoms with van der Waals surface area (Å²) >= 11 is 1.98. The lowest BCUT2D eigenvalue weighted by atomic mass is 9.84. The highest BCUT2D eigenvalue weighted by atomic mass is 32.2. The number of rotatable bonds is 20. The van der Waals surface area contributed by atoms with Crippen LogP contribution in [0.15, 0.2) is 78.9 Å². The Hall–Kier alpha value is -2.59. The van der Waals surface area contributed by atoms with Gasteiger partial charge in [0.1, 0.15) is 18.1 Å². The molecule has 3 rings (SSSR count). The fraction of sp³-hybridized carbons (Fsp3) is 0.472. The van der Waals surface area contributed by atoms with Gasteiger partial charge in [0.05, 0.1) is 25.6 Å². The maximum Gasteiger partial charge on any atom is 0.259 e. The predicted octanol–water partition coefficient (Wildman–Crippen LogP) is 9.59. The lowest BCUT2D eigenvalue weighted by Gasteiger charge is -2.36. The first-order valence-corrected chi connectivity index (χ1v) is 17.6. The van der Waals surface area contributed by atoms with Gasteiger partial charge in [0.25, 0.3) is 8.53 Å². The van der Waals surface area contributed by atoms with E-state index in [1.54, 1.807) is 14.2 Å². The second-order valence-electron chi connectivity index (χ2n) is 11.1. The largest absolute Gasteiger partial charge is 0.497 e. The van der Waals surface area contributed by atoms with Crippen LogP contribution < -0.4 is 9.47 Å². The fourth-order valence-corrected chi connectivity index (χ4v) is 8.49. The Morgan fingerprint density at radius 3 is 1.70 bits per heavy atom. The maximum absolute atomic E-state index is 7.08. The molecule has 1 atom stereocenters. The van der Waals surface area contributed by atoms with Crippen LogP contribution in [-0.4, -0.2) is 56.5 Å². The normalized spacial score (nSPS) is 12.5. The number of hydrogen-bond donors (Lipinski definition) is 0. The van der Waals surface area contributed by atoms with Crippen molar-refractivity contribution in [2.75, 3.05) is 39.7 Å². The van der Waals surface area contributed by atoms with Gasteiger partial charge < -0.3 is 23.4 Å². The first kappa shape index (κ1) is 35.9. The van der Waals surface area contributed by atoms with E-state index in [9.17, 15) is 0 Å². The third-order valence-corrected chi connectivity index (χ3v) is 11.1. The van der Waals surface area contributed by atoms with E-state index in [0.29, 0.717) is 31.8 Å². The highest BCUT2D eigenvalue weighted by molar-refractivity contribution is 8.00. The van der Waals surface area contributed by atoms with Gasteiger partial charge in [-0.2, -0.15) is 0 Å². The molecule has 0 amide bonds. The van der Waals surface area contributed by atoms with Crippen LogP contribution >= 0.6 is 20.3 Å². The molecule has 0 bridgehead atoms. The molecule has 0 saturated heterocycles. The van der Waals surface area contributed by atoms with E-state index < -0.39 is 8.53 Å². The van der Waals surface area contributed by atoms with Gasteiger partial charge in [-0.1, -0.05) is 67.4 Å². The van der Waals surface area contributed by atoms with Crippen LogP contribution in [0.25, 0.3) is 4.85 Å². The maximum atomic E-state index is 7.08. The number of nitrogens with zero attached hydrogens (tertiary/aromatic N) is 2. The van der Waals surface area contributed by atoms with Gasteiger partial charge in [-0.3, -0.25) is 0 Å². The van der Waals surface area contributed by atoms with Crippen LogP contribution in [0.3, 0.4) is 0 Å². The third-order valence-electron chi connectivity index (χ3n) is 7.38. The molecular weight excluding hydrogens is 587 g/mol. The SMILES string of the molecule is [C-]#[N+]CCOP(OCCCCCCSC(c1ccccc1)(c1ccc(OC)cc1)c1ccc(OC)cc1)N(C(C)C)C(C)C. The monoisotopic (exact) mass is 636 g/mol. The lowest BCUT2D eigenvalue weighted by Crippen LogP contribution is -2.33. The van der Waals surface area contributed by atoms with Gasteiger partial charge in [0.2, 0.25) is 6.54 Å². The van der Waals surface area contributed by atoms with Crippen molar-refractivity contribution in [3.05, 3.63) is 107 Å². The first-order chi connectivity index (χ1) is 21.4. The van der Waals surface area contributed by atoms with Crippen LogP contribution in [0, 0.1) is 6.57 Å². The summed E-state index contributed by atoms with van der Waals surface area (Å²) in [6.07, 6.45) is 4.31. The molecule has 6 nitrogen and oxygen atoms in total. The summed E-state index contributed by atoms with van der Waals surface area (Å²) in [6.45, 7) is 17.2. The topological polar surface area (TPSA) is 44.5 Å². The molecule has 0 aliphatic heterocycles. The Kier molecular flexibility index (Phi) is 15.5. The molecular formula is C36H49N2O4PS. The van der Waals surface area contributed by atoms with Crippen molar-refractivity contribution < 1.29 is 18.5 Å². The van der Waals surface area contributed by atoms with E-state index in [2.05, 4.69) is 116 Å². The van der Waals surface area contributed by atoms with E-state index in [4.69, 9.17) is 25.1 Å². The molecule has 0 radical (unpaired) electrons.